The molecule has 1 N–H and O–H groups in total. The van der Waals surface area contributed by atoms with Gasteiger partial charge in [-0.15, -0.1) is 0 Å². The highest BCUT2D eigenvalue weighted by molar-refractivity contribution is 6.33. The van der Waals surface area contributed by atoms with Crippen molar-refractivity contribution in [1.82, 2.24) is 4.57 Å². The maximum Gasteiger partial charge on any atom is 0.416 e. The van der Waals surface area contributed by atoms with Gasteiger partial charge in [-0.3, -0.25) is 9.59 Å². The van der Waals surface area contributed by atoms with Crippen LogP contribution in [0.5, 0.6) is 5.75 Å². The minimum Gasteiger partial charge on any atom is -0.483 e. The van der Waals surface area contributed by atoms with Gasteiger partial charge in [0.25, 0.3) is 11.5 Å². The molecule has 1 heterocycles. The molecule has 0 fully saturated rings. The summed E-state index contributed by atoms with van der Waals surface area (Å²) in [5.41, 5.74) is -1.35. The lowest BCUT2D eigenvalue weighted by atomic mass is 10.1. The molecule has 0 aliphatic carbocycles. The number of hydrogen-bond acceptors (Lipinski definition) is 4. The third-order valence-electron chi connectivity index (χ3n) is 4.44. The zero-order chi connectivity index (χ0) is 22.6. The molecule has 164 valence electrons. The molecule has 3 aromatic rings. The minimum absolute atomic E-state index is 0.0388. The third-order valence-corrected chi connectivity index (χ3v) is 4.77. The van der Waals surface area contributed by atoms with Crippen molar-refractivity contribution in [2.24, 2.45) is 0 Å². The van der Waals surface area contributed by atoms with Gasteiger partial charge in [0.2, 0.25) is 0 Å². The minimum atomic E-state index is -4.57. The van der Waals surface area contributed by atoms with Crippen LogP contribution in [0, 0.1) is 0 Å². The van der Waals surface area contributed by atoms with E-state index in [-0.39, 0.29) is 16.3 Å². The molecule has 1 amide bonds. The van der Waals surface area contributed by atoms with E-state index in [1.807, 2.05) is 0 Å². The van der Waals surface area contributed by atoms with Crippen LogP contribution < -0.4 is 15.6 Å². The lowest BCUT2D eigenvalue weighted by Crippen LogP contribution is -2.22. The SMILES string of the molecule is COCCn1ccc2c(OCC(=O)Nc3cc(C(F)(F)F)ccc3Cl)cccc2c1=O. The Morgan fingerprint density at radius 2 is 1.94 bits per heavy atom. The largest absolute Gasteiger partial charge is 0.483 e. The average Bonchev–Trinajstić information content (AvgIpc) is 2.72. The molecular formula is C21H18ClF3N2O4. The Labute approximate surface area is 180 Å². The van der Waals surface area contributed by atoms with E-state index in [4.69, 9.17) is 21.1 Å². The van der Waals surface area contributed by atoms with Gasteiger partial charge in [0.05, 0.1) is 28.3 Å². The number of pyridine rings is 1. The van der Waals surface area contributed by atoms with Crippen molar-refractivity contribution in [2.45, 2.75) is 12.7 Å². The number of amides is 1. The summed E-state index contributed by atoms with van der Waals surface area (Å²) < 4.78 is 50.6. The zero-order valence-electron chi connectivity index (χ0n) is 16.3. The van der Waals surface area contributed by atoms with Crippen LogP contribution in [0.3, 0.4) is 0 Å². The van der Waals surface area contributed by atoms with Crippen LogP contribution in [-0.2, 0) is 22.3 Å². The second-order valence-electron chi connectivity index (χ2n) is 6.55. The summed E-state index contributed by atoms with van der Waals surface area (Å²) in [4.78, 5) is 24.8. The van der Waals surface area contributed by atoms with Crippen LogP contribution in [0.4, 0.5) is 18.9 Å². The van der Waals surface area contributed by atoms with Crippen LogP contribution in [0.15, 0.2) is 53.5 Å². The second-order valence-corrected chi connectivity index (χ2v) is 6.96. The average molecular weight is 455 g/mol. The highest BCUT2D eigenvalue weighted by Gasteiger charge is 2.31. The number of nitrogens with one attached hydrogen (secondary N) is 1. The molecule has 0 unspecified atom stereocenters. The Bertz CT molecular complexity index is 1160. The first-order chi connectivity index (χ1) is 14.7. The van der Waals surface area contributed by atoms with E-state index >= 15 is 0 Å². The first-order valence-corrected chi connectivity index (χ1v) is 9.49. The molecule has 3 rings (SSSR count). The number of alkyl halides is 3. The Morgan fingerprint density at radius 1 is 1.16 bits per heavy atom. The molecule has 0 aliphatic heterocycles. The quantitative estimate of drug-likeness (QED) is 0.576. The summed E-state index contributed by atoms with van der Waals surface area (Å²) in [7, 11) is 1.54. The van der Waals surface area contributed by atoms with Gasteiger partial charge in [0.15, 0.2) is 6.61 Å². The second kappa shape index (κ2) is 9.40. The van der Waals surface area contributed by atoms with E-state index < -0.39 is 24.3 Å². The molecule has 6 nitrogen and oxygen atoms in total. The number of nitrogens with zero attached hydrogens (tertiary/aromatic N) is 1. The van der Waals surface area contributed by atoms with Crippen molar-refractivity contribution >= 4 is 34.0 Å². The van der Waals surface area contributed by atoms with Gasteiger partial charge in [-0.1, -0.05) is 17.7 Å². The number of aromatic nitrogens is 1. The van der Waals surface area contributed by atoms with Gasteiger partial charge in [0, 0.05) is 25.2 Å². The van der Waals surface area contributed by atoms with E-state index in [0.29, 0.717) is 29.7 Å². The van der Waals surface area contributed by atoms with Crippen LogP contribution in [0.25, 0.3) is 10.8 Å². The Balaban J connectivity index is 1.75. The lowest BCUT2D eigenvalue weighted by molar-refractivity contribution is -0.137. The fraction of sp³-hybridized carbons (Fsp3) is 0.238. The molecule has 0 atom stereocenters. The zero-order valence-corrected chi connectivity index (χ0v) is 17.1. The summed E-state index contributed by atoms with van der Waals surface area (Å²) in [5.74, 6) is -0.412. The van der Waals surface area contributed by atoms with Crippen molar-refractivity contribution in [3.63, 3.8) is 0 Å². The molecule has 0 aliphatic rings. The molecule has 2 aromatic carbocycles. The molecule has 31 heavy (non-hydrogen) atoms. The maximum absolute atomic E-state index is 12.9. The predicted molar refractivity (Wildman–Crippen MR) is 111 cm³/mol. The molecule has 0 saturated carbocycles. The highest BCUT2D eigenvalue weighted by atomic mass is 35.5. The number of hydrogen-bond donors (Lipinski definition) is 1. The van der Waals surface area contributed by atoms with E-state index in [9.17, 15) is 22.8 Å². The van der Waals surface area contributed by atoms with Crippen LogP contribution >= 0.6 is 11.6 Å². The predicted octanol–water partition coefficient (Wildman–Crippen LogP) is 4.34. The molecule has 1 aromatic heterocycles. The fourth-order valence-electron chi connectivity index (χ4n) is 2.91. The maximum atomic E-state index is 12.9. The number of halogens is 4. The van der Waals surface area contributed by atoms with Crippen molar-refractivity contribution in [2.75, 3.05) is 25.6 Å². The standard InChI is InChI=1S/C21H18ClF3N2O4/c1-30-10-9-27-8-7-14-15(20(27)29)3-2-4-18(14)31-12-19(28)26-17-11-13(21(23,24)25)5-6-16(17)22/h2-8,11H,9-10,12H2,1H3,(H,26,28). The molecule has 0 saturated heterocycles. The molecule has 10 heteroatoms. The third kappa shape index (κ3) is 5.36. The monoisotopic (exact) mass is 454 g/mol. The van der Waals surface area contributed by atoms with Crippen molar-refractivity contribution in [3.8, 4) is 5.75 Å². The summed E-state index contributed by atoms with van der Waals surface area (Å²) in [6.45, 7) is 0.273. The van der Waals surface area contributed by atoms with E-state index in [2.05, 4.69) is 5.32 Å². The number of rotatable bonds is 7. The van der Waals surface area contributed by atoms with Gasteiger partial charge in [-0.05, 0) is 36.4 Å². The number of benzene rings is 2. The smallest absolute Gasteiger partial charge is 0.416 e. The summed E-state index contributed by atoms with van der Waals surface area (Å²) in [6, 6.07) is 9.15. The Hall–Kier alpha value is -3.04. The van der Waals surface area contributed by atoms with E-state index in [1.54, 1.807) is 30.5 Å². The summed E-state index contributed by atoms with van der Waals surface area (Å²) in [6.07, 6.45) is -2.97. The van der Waals surface area contributed by atoms with Gasteiger partial charge >= 0.3 is 6.18 Å². The topological polar surface area (TPSA) is 69.6 Å². The summed E-state index contributed by atoms with van der Waals surface area (Å²) in [5, 5.41) is 3.18. The van der Waals surface area contributed by atoms with Crippen LogP contribution in [0.1, 0.15) is 5.56 Å². The Kier molecular flexibility index (Phi) is 6.87. The van der Waals surface area contributed by atoms with Gasteiger partial charge in [-0.25, -0.2) is 0 Å². The molecule has 0 spiro atoms. The van der Waals surface area contributed by atoms with Crippen molar-refractivity contribution < 1.29 is 27.4 Å². The number of ether oxygens (including phenoxy) is 2. The van der Waals surface area contributed by atoms with Gasteiger partial charge < -0.3 is 19.4 Å². The first-order valence-electron chi connectivity index (χ1n) is 9.11. The van der Waals surface area contributed by atoms with E-state index in [1.165, 1.54) is 11.7 Å². The van der Waals surface area contributed by atoms with Gasteiger partial charge in [0.1, 0.15) is 5.75 Å². The van der Waals surface area contributed by atoms with Crippen molar-refractivity contribution in [3.05, 3.63) is 69.6 Å². The van der Waals surface area contributed by atoms with E-state index in [0.717, 1.165) is 18.2 Å². The molecular weight excluding hydrogens is 437 g/mol. The lowest BCUT2D eigenvalue weighted by Gasteiger charge is -2.13. The summed E-state index contributed by atoms with van der Waals surface area (Å²) >= 11 is 5.89. The van der Waals surface area contributed by atoms with Gasteiger partial charge in [-0.2, -0.15) is 13.2 Å². The number of carbonyl (C=O) groups is 1. The fourth-order valence-corrected chi connectivity index (χ4v) is 3.07. The highest BCUT2D eigenvalue weighted by Crippen LogP contribution is 2.33. The number of carbonyl (C=O) groups excluding carboxylic acids is 1. The van der Waals surface area contributed by atoms with Crippen LogP contribution in [-0.4, -0.2) is 30.8 Å². The Morgan fingerprint density at radius 3 is 2.65 bits per heavy atom. The normalized spacial score (nSPS) is 11.5. The first kappa shape index (κ1) is 22.6. The molecule has 0 radical (unpaired) electrons. The van der Waals surface area contributed by atoms with Crippen molar-refractivity contribution in [1.29, 1.82) is 0 Å². The van der Waals surface area contributed by atoms with Crippen LogP contribution in [0.2, 0.25) is 5.02 Å². The number of methoxy groups -OCH3 is 1. The molecule has 0 bridgehead atoms. The number of fused-ring (bicyclic) bond motifs is 1. The number of anilines is 1.